The van der Waals surface area contributed by atoms with E-state index in [1.807, 2.05) is 24.3 Å². The molecule has 0 unspecified atom stereocenters. The summed E-state index contributed by atoms with van der Waals surface area (Å²) in [6.07, 6.45) is 1.92. The van der Waals surface area contributed by atoms with Crippen molar-refractivity contribution in [3.63, 3.8) is 0 Å². The molecule has 3 N–H and O–H groups in total. The zero-order valence-corrected chi connectivity index (χ0v) is 11.2. The Morgan fingerprint density at radius 3 is 2.38 bits per heavy atom. The third kappa shape index (κ3) is 1.81. The molecule has 0 spiro atoms. The largest absolute Gasteiger partial charge is 0.399 e. The van der Waals surface area contributed by atoms with Crippen LogP contribution in [0.25, 0.3) is 11.0 Å². The molecule has 0 bridgehead atoms. The van der Waals surface area contributed by atoms with Crippen molar-refractivity contribution in [3.8, 4) is 0 Å². The van der Waals surface area contributed by atoms with Gasteiger partial charge >= 0.3 is 0 Å². The van der Waals surface area contributed by atoms with Gasteiger partial charge in [-0.2, -0.15) is 0 Å². The van der Waals surface area contributed by atoms with Crippen LogP contribution in [0.2, 0.25) is 0 Å². The van der Waals surface area contributed by atoms with Gasteiger partial charge in [-0.05, 0) is 30.5 Å². The molecule has 0 amide bonds. The van der Waals surface area contributed by atoms with Crippen LogP contribution in [0.1, 0.15) is 24.2 Å². The first-order valence-corrected chi connectivity index (χ1v) is 6.80. The van der Waals surface area contributed by atoms with E-state index in [2.05, 4.69) is 9.97 Å². The fraction of sp³-hybridized carbons (Fsp3) is 0.188. The number of nitrogens with zero attached hydrogens (tertiary/aromatic N) is 1. The number of nitrogens with one attached hydrogen (secondary N) is 1. The van der Waals surface area contributed by atoms with E-state index in [0.29, 0.717) is 16.7 Å². The van der Waals surface area contributed by atoms with Crippen LogP contribution in [0.5, 0.6) is 0 Å². The third-order valence-electron chi connectivity index (χ3n) is 4.19. The van der Waals surface area contributed by atoms with Gasteiger partial charge in [-0.1, -0.05) is 12.1 Å². The zero-order valence-electron chi connectivity index (χ0n) is 11.2. The summed E-state index contributed by atoms with van der Waals surface area (Å²) in [7, 11) is 0. The Hall–Kier alpha value is -2.43. The summed E-state index contributed by atoms with van der Waals surface area (Å²) in [5, 5.41) is 0. The number of anilines is 1. The second-order valence-electron chi connectivity index (χ2n) is 5.57. The number of aromatic amines is 1. The average molecular weight is 285 g/mol. The summed E-state index contributed by atoms with van der Waals surface area (Å²) < 4.78 is 26.6. The van der Waals surface area contributed by atoms with E-state index in [1.54, 1.807) is 0 Å². The van der Waals surface area contributed by atoms with Crippen molar-refractivity contribution >= 4 is 16.7 Å². The number of nitrogen functional groups attached to an aromatic ring is 1. The SMILES string of the molecule is Nc1ccc(C2(c3nc4cc(F)c(F)cc4[nH]3)CC2)cc1. The number of benzene rings is 2. The quantitative estimate of drug-likeness (QED) is 0.708. The van der Waals surface area contributed by atoms with Gasteiger partial charge < -0.3 is 10.7 Å². The number of H-pyrrole nitrogens is 1. The van der Waals surface area contributed by atoms with Crippen LogP contribution in [-0.4, -0.2) is 9.97 Å². The van der Waals surface area contributed by atoms with Crippen LogP contribution >= 0.6 is 0 Å². The smallest absolute Gasteiger partial charge is 0.161 e. The first-order chi connectivity index (χ1) is 10.1. The second kappa shape index (κ2) is 4.04. The first-order valence-electron chi connectivity index (χ1n) is 6.80. The molecule has 0 radical (unpaired) electrons. The molecule has 5 heteroatoms. The molecule has 3 nitrogen and oxygen atoms in total. The normalized spacial score (nSPS) is 16.3. The van der Waals surface area contributed by atoms with Crippen LogP contribution in [-0.2, 0) is 5.41 Å². The lowest BCUT2D eigenvalue weighted by molar-refractivity contribution is 0.510. The maximum atomic E-state index is 13.3. The minimum atomic E-state index is -0.877. The summed E-state index contributed by atoms with van der Waals surface area (Å²) in [4.78, 5) is 7.58. The molecule has 1 aromatic heterocycles. The van der Waals surface area contributed by atoms with Gasteiger partial charge in [-0.15, -0.1) is 0 Å². The van der Waals surface area contributed by atoms with E-state index >= 15 is 0 Å². The fourth-order valence-corrected chi connectivity index (χ4v) is 2.82. The highest BCUT2D eigenvalue weighted by molar-refractivity contribution is 5.76. The summed E-state index contributed by atoms with van der Waals surface area (Å²) in [6, 6.07) is 9.96. The van der Waals surface area contributed by atoms with Crippen LogP contribution in [0.4, 0.5) is 14.5 Å². The zero-order chi connectivity index (χ0) is 14.6. The van der Waals surface area contributed by atoms with Gasteiger partial charge in [-0.25, -0.2) is 13.8 Å². The second-order valence-corrected chi connectivity index (χ2v) is 5.57. The molecule has 0 aliphatic heterocycles. The third-order valence-corrected chi connectivity index (χ3v) is 4.19. The van der Waals surface area contributed by atoms with Crippen LogP contribution in [0.15, 0.2) is 36.4 Å². The van der Waals surface area contributed by atoms with Crippen molar-refractivity contribution in [3.05, 3.63) is 59.4 Å². The Labute approximate surface area is 119 Å². The van der Waals surface area contributed by atoms with E-state index in [4.69, 9.17) is 5.73 Å². The standard InChI is InChI=1S/C16H13F2N3/c17-11-7-13-14(8-12(11)18)21-15(20-13)16(5-6-16)9-1-3-10(19)4-2-9/h1-4,7-8H,5-6,19H2,(H,20,21). The molecule has 2 aromatic carbocycles. The number of nitrogens with two attached hydrogens (primary N) is 1. The molecule has 0 saturated heterocycles. The van der Waals surface area contributed by atoms with Crippen LogP contribution < -0.4 is 5.73 Å². The highest BCUT2D eigenvalue weighted by atomic mass is 19.2. The topological polar surface area (TPSA) is 54.7 Å². The maximum Gasteiger partial charge on any atom is 0.161 e. The number of hydrogen-bond acceptors (Lipinski definition) is 2. The maximum absolute atomic E-state index is 13.3. The Balaban J connectivity index is 1.84. The van der Waals surface area contributed by atoms with E-state index in [9.17, 15) is 8.78 Å². The van der Waals surface area contributed by atoms with Crippen LogP contribution in [0, 0.1) is 11.6 Å². The lowest BCUT2D eigenvalue weighted by Gasteiger charge is -2.12. The lowest BCUT2D eigenvalue weighted by Crippen LogP contribution is -2.10. The molecule has 1 heterocycles. The molecule has 1 fully saturated rings. The van der Waals surface area contributed by atoms with Crippen LogP contribution in [0.3, 0.4) is 0 Å². The number of halogens is 2. The molecule has 1 aliphatic carbocycles. The Morgan fingerprint density at radius 2 is 1.71 bits per heavy atom. The predicted molar refractivity (Wildman–Crippen MR) is 76.9 cm³/mol. The molecule has 106 valence electrons. The van der Waals surface area contributed by atoms with Crippen molar-refractivity contribution in [1.82, 2.24) is 9.97 Å². The van der Waals surface area contributed by atoms with E-state index < -0.39 is 11.6 Å². The molecule has 1 aliphatic rings. The highest BCUT2D eigenvalue weighted by Gasteiger charge is 2.48. The predicted octanol–water partition coefficient (Wildman–Crippen LogP) is 3.50. The van der Waals surface area contributed by atoms with Gasteiger partial charge in [0.2, 0.25) is 0 Å². The molecule has 21 heavy (non-hydrogen) atoms. The van der Waals surface area contributed by atoms with Crippen molar-refractivity contribution in [2.24, 2.45) is 0 Å². The first kappa shape index (κ1) is 12.3. The number of rotatable bonds is 2. The fourth-order valence-electron chi connectivity index (χ4n) is 2.82. The minimum absolute atomic E-state index is 0.181. The van der Waals surface area contributed by atoms with E-state index in [-0.39, 0.29) is 5.41 Å². The lowest BCUT2D eigenvalue weighted by atomic mass is 9.95. The minimum Gasteiger partial charge on any atom is -0.399 e. The number of fused-ring (bicyclic) bond motifs is 1. The summed E-state index contributed by atoms with van der Waals surface area (Å²) in [5.74, 6) is -0.986. The van der Waals surface area contributed by atoms with Gasteiger partial charge in [0.1, 0.15) is 5.82 Å². The van der Waals surface area contributed by atoms with Gasteiger partial charge in [0.15, 0.2) is 11.6 Å². The molecule has 0 atom stereocenters. The van der Waals surface area contributed by atoms with Gasteiger partial charge in [0, 0.05) is 17.8 Å². The molecule has 3 aromatic rings. The Bertz CT molecular complexity index is 794. The highest BCUT2D eigenvalue weighted by Crippen LogP contribution is 2.52. The van der Waals surface area contributed by atoms with Crippen molar-refractivity contribution in [1.29, 1.82) is 0 Å². The molecule has 1 saturated carbocycles. The number of aromatic nitrogens is 2. The summed E-state index contributed by atoms with van der Waals surface area (Å²) >= 11 is 0. The summed E-state index contributed by atoms with van der Waals surface area (Å²) in [5.41, 5.74) is 8.34. The van der Waals surface area contributed by atoms with Crippen molar-refractivity contribution in [2.45, 2.75) is 18.3 Å². The number of imidazole rings is 1. The van der Waals surface area contributed by atoms with E-state index in [1.165, 1.54) is 0 Å². The molecular weight excluding hydrogens is 272 g/mol. The average Bonchev–Trinajstić information content (AvgIpc) is 3.17. The van der Waals surface area contributed by atoms with Crippen molar-refractivity contribution < 1.29 is 8.78 Å². The monoisotopic (exact) mass is 285 g/mol. The Kier molecular flexibility index (Phi) is 2.37. The summed E-state index contributed by atoms with van der Waals surface area (Å²) in [6.45, 7) is 0. The van der Waals surface area contributed by atoms with Gasteiger partial charge in [0.25, 0.3) is 0 Å². The Morgan fingerprint density at radius 1 is 1.05 bits per heavy atom. The molecular formula is C16H13F2N3. The van der Waals surface area contributed by atoms with E-state index in [0.717, 1.165) is 36.4 Å². The van der Waals surface area contributed by atoms with Gasteiger partial charge in [0.05, 0.1) is 16.4 Å². The van der Waals surface area contributed by atoms with Gasteiger partial charge in [-0.3, -0.25) is 0 Å². The van der Waals surface area contributed by atoms with Crippen molar-refractivity contribution in [2.75, 3.05) is 5.73 Å². The number of hydrogen-bond donors (Lipinski definition) is 2. The molecule has 4 rings (SSSR count).